The standard InChI is InChI=1S/C26H19BrF3NO6/c27-15-11-13(7-9-19(15)36-20-10-8-14(26(28,29)30)12-16(20)31(34)35)23-24-17(32)3-1-5-21(24)37-22-6-2-4-18(33)25(22)23/h7-12,23H,1-6H2. The Morgan fingerprint density at radius 2 is 1.51 bits per heavy atom. The van der Waals surface area contributed by atoms with Crippen molar-refractivity contribution in [2.24, 2.45) is 0 Å². The number of benzene rings is 2. The Labute approximate surface area is 217 Å². The molecule has 0 spiro atoms. The minimum atomic E-state index is -4.75. The molecule has 0 N–H and O–H groups in total. The molecule has 0 amide bonds. The zero-order valence-electron chi connectivity index (χ0n) is 19.2. The van der Waals surface area contributed by atoms with Gasteiger partial charge >= 0.3 is 11.9 Å². The maximum atomic E-state index is 13.0. The van der Waals surface area contributed by atoms with E-state index in [9.17, 15) is 32.9 Å². The number of alkyl halides is 3. The van der Waals surface area contributed by atoms with Gasteiger partial charge in [-0.1, -0.05) is 6.07 Å². The van der Waals surface area contributed by atoms with Crippen molar-refractivity contribution in [3.05, 3.63) is 84.8 Å². The summed E-state index contributed by atoms with van der Waals surface area (Å²) < 4.78 is 51.1. The second kappa shape index (κ2) is 9.44. The molecule has 0 saturated heterocycles. The number of carbonyl (C=O) groups excluding carboxylic acids is 2. The van der Waals surface area contributed by atoms with E-state index in [1.807, 2.05) is 0 Å². The van der Waals surface area contributed by atoms with Gasteiger partial charge in [0.25, 0.3) is 0 Å². The highest BCUT2D eigenvalue weighted by Gasteiger charge is 2.42. The molecule has 1 aliphatic heterocycles. The first kappa shape index (κ1) is 25.2. The molecule has 2 aliphatic carbocycles. The van der Waals surface area contributed by atoms with Crippen molar-refractivity contribution in [1.29, 1.82) is 0 Å². The van der Waals surface area contributed by atoms with Gasteiger partial charge in [0.2, 0.25) is 5.75 Å². The van der Waals surface area contributed by atoms with Crippen LogP contribution in [0.5, 0.6) is 11.5 Å². The molecule has 1 heterocycles. The summed E-state index contributed by atoms with van der Waals surface area (Å²) in [5.74, 6) is 0.175. The number of nitrogens with zero attached hydrogens (tertiary/aromatic N) is 1. The Hall–Kier alpha value is -3.47. The summed E-state index contributed by atoms with van der Waals surface area (Å²) in [6.45, 7) is 0. The Balaban J connectivity index is 1.53. The SMILES string of the molecule is O=C1CCCC2=C1C(c1ccc(Oc3ccc(C(F)(F)F)cc3[N+](=O)[O-])c(Br)c1)C1=C(CCCC1=O)O2. The predicted molar refractivity (Wildman–Crippen MR) is 128 cm³/mol. The summed E-state index contributed by atoms with van der Waals surface area (Å²) in [6, 6.07) is 6.82. The fourth-order valence-electron chi connectivity index (χ4n) is 4.97. The summed E-state index contributed by atoms with van der Waals surface area (Å²) in [5.41, 5.74) is -0.420. The Bertz CT molecular complexity index is 1370. The Kier molecular flexibility index (Phi) is 6.43. The first-order chi connectivity index (χ1) is 17.5. The molecule has 2 aromatic carbocycles. The highest BCUT2D eigenvalue weighted by molar-refractivity contribution is 9.10. The predicted octanol–water partition coefficient (Wildman–Crippen LogP) is 7.30. The van der Waals surface area contributed by atoms with Crippen LogP contribution in [0.15, 0.2) is 63.5 Å². The summed E-state index contributed by atoms with van der Waals surface area (Å²) in [7, 11) is 0. The molecule has 0 unspecified atom stereocenters. The number of Topliss-reactive ketones (excluding diaryl/α,β-unsaturated/α-hetero) is 2. The van der Waals surface area contributed by atoms with Gasteiger partial charge in [-0.3, -0.25) is 19.7 Å². The summed E-state index contributed by atoms with van der Waals surface area (Å²) in [6.07, 6.45) is -1.49. The quantitative estimate of drug-likeness (QED) is 0.279. The molecule has 0 radical (unpaired) electrons. The van der Waals surface area contributed by atoms with Crippen molar-refractivity contribution in [2.45, 2.75) is 50.6 Å². The molecule has 0 saturated carbocycles. The lowest BCUT2D eigenvalue weighted by Crippen LogP contribution is -2.30. The van der Waals surface area contributed by atoms with Gasteiger partial charge in [-0.2, -0.15) is 13.2 Å². The van der Waals surface area contributed by atoms with Crippen LogP contribution in [0.4, 0.5) is 18.9 Å². The molecule has 2 aromatic rings. The van der Waals surface area contributed by atoms with Crippen LogP contribution in [0, 0.1) is 10.1 Å². The number of allylic oxidation sites excluding steroid dienone is 4. The van der Waals surface area contributed by atoms with Gasteiger partial charge in [-0.05, 0) is 58.6 Å². The first-order valence-corrected chi connectivity index (χ1v) is 12.4. The average molecular weight is 578 g/mol. The second-order valence-electron chi connectivity index (χ2n) is 8.99. The molecule has 0 aromatic heterocycles. The van der Waals surface area contributed by atoms with Crippen LogP contribution in [0.1, 0.15) is 55.6 Å². The number of hydrogen-bond donors (Lipinski definition) is 0. The number of nitro benzene ring substituents is 1. The van der Waals surface area contributed by atoms with Gasteiger partial charge in [0.1, 0.15) is 17.3 Å². The second-order valence-corrected chi connectivity index (χ2v) is 9.85. The molecule has 192 valence electrons. The van der Waals surface area contributed by atoms with Crippen LogP contribution < -0.4 is 4.74 Å². The van der Waals surface area contributed by atoms with Crippen LogP contribution in [0.2, 0.25) is 0 Å². The molecule has 0 fully saturated rings. The van der Waals surface area contributed by atoms with Gasteiger partial charge in [-0.15, -0.1) is 0 Å². The van der Waals surface area contributed by atoms with E-state index >= 15 is 0 Å². The van der Waals surface area contributed by atoms with Crippen LogP contribution in [0.25, 0.3) is 0 Å². The third kappa shape index (κ3) is 4.68. The number of nitro groups is 1. The number of hydrogen-bond acceptors (Lipinski definition) is 6. The highest BCUT2D eigenvalue weighted by Crippen LogP contribution is 2.49. The molecule has 3 aliphatic rings. The maximum Gasteiger partial charge on any atom is 0.416 e. The van der Waals surface area contributed by atoms with E-state index in [1.54, 1.807) is 12.1 Å². The first-order valence-electron chi connectivity index (χ1n) is 11.6. The van der Waals surface area contributed by atoms with Gasteiger partial charge in [0.05, 0.1) is 15.0 Å². The van der Waals surface area contributed by atoms with Gasteiger partial charge < -0.3 is 9.47 Å². The van der Waals surface area contributed by atoms with E-state index in [2.05, 4.69) is 15.9 Å². The van der Waals surface area contributed by atoms with E-state index in [-0.39, 0.29) is 23.1 Å². The normalized spacial score (nSPS) is 18.4. The summed E-state index contributed by atoms with van der Waals surface area (Å²) in [4.78, 5) is 36.3. The van der Waals surface area contributed by atoms with Crippen LogP contribution in [-0.2, 0) is 20.5 Å². The van der Waals surface area contributed by atoms with E-state index in [0.717, 1.165) is 6.07 Å². The fourth-order valence-corrected chi connectivity index (χ4v) is 5.45. The minimum absolute atomic E-state index is 0.0759. The summed E-state index contributed by atoms with van der Waals surface area (Å²) >= 11 is 3.38. The molecule has 5 rings (SSSR count). The average Bonchev–Trinajstić information content (AvgIpc) is 2.84. The van der Waals surface area contributed by atoms with Crippen LogP contribution in [-0.4, -0.2) is 16.5 Å². The zero-order chi connectivity index (χ0) is 26.5. The molecule has 7 nitrogen and oxygen atoms in total. The van der Waals surface area contributed by atoms with Crippen molar-refractivity contribution >= 4 is 33.2 Å². The van der Waals surface area contributed by atoms with Crippen molar-refractivity contribution in [1.82, 2.24) is 0 Å². The smallest absolute Gasteiger partial charge is 0.416 e. The maximum absolute atomic E-state index is 13.0. The topological polar surface area (TPSA) is 95.7 Å². The lowest BCUT2D eigenvalue weighted by atomic mass is 9.73. The van der Waals surface area contributed by atoms with Crippen LogP contribution >= 0.6 is 15.9 Å². The minimum Gasteiger partial charge on any atom is -0.465 e. The lowest BCUT2D eigenvalue weighted by molar-refractivity contribution is -0.385. The number of carbonyl (C=O) groups is 2. The summed E-state index contributed by atoms with van der Waals surface area (Å²) in [5, 5.41) is 11.4. The van der Waals surface area contributed by atoms with Crippen molar-refractivity contribution in [2.75, 3.05) is 0 Å². The van der Waals surface area contributed by atoms with E-state index in [1.165, 1.54) is 6.07 Å². The van der Waals surface area contributed by atoms with Gasteiger partial charge in [-0.25, -0.2) is 0 Å². The molecule has 11 heteroatoms. The van der Waals surface area contributed by atoms with Crippen molar-refractivity contribution in [3.8, 4) is 11.5 Å². The van der Waals surface area contributed by atoms with Crippen LogP contribution in [0.3, 0.4) is 0 Å². The number of ketones is 2. The Morgan fingerprint density at radius 3 is 2.05 bits per heavy atom. The van der Waals surface area contributed by atoms with E-state index in [4.69, 9.17) is 9.47 Å². The molecule has 37 heavy (non-hydrogen) atoms. The third-order valence-electron chi connectivity index (χ3n) is 6.63. The van der Waals surface area contributed by atoms with Gasteiger partial charge in [0, 0.05) is 48.8 Å². The largest absolute Gasteiger partial charge is 0.465 e. The molecule has 0 bridgehead atoms. The Morgan fingerprint density at radius 1 is 0.919 bits per heavy atom. The number of rotatable bonds is 4. The van der Waals surface area contributed by atoms with E-state index in [0.29, 0.717) is 83.4 Å². The molecular weight excluding hydrogens is 559 g/mol. The molecular formula is C26H19BrF3NO6. The fraction of sp³-hybridized carbons (Fsp3) is 0.308. The van der Waals surface area contributed by atoms with Crippen molar-refractivity contribution < 1.29 is 37.2 Å². The van der Waals surface area contributed by atoms with E-state index < -0.39 is 28.3 Å². The highest BCUT2D eigenvalue weighted by atomic mass is 79.9. The zero-order valence-corrected chi connectivity index (χ0v) is 20.8. The number of ether oxygens (including phenoxy) is 2. The molecule has 0 atom stereocenters. The third-order valence-corrected chi connectivity index (χ3v) is 7.25. The number of halogens is 4. The monoisotopic (exact) mass is 577 g/mol. The van der Waals surface area contributed by atoms with Crippen molar-refractivity contribution in [3.63, 3.8) is 0 Å². The lowest BCUT2D eigenvalue weighted by Gasteiger charge is -2.36. The van der Waals surface area contributed by atoms with Gasteiger partial charge in [0.15, 0.2) is 11.6 Å².